The number of nitro groups is 2. The number of para-hydroxylation sites is 1. The number of likely N-dealkylation sites (tertiary alicyclic amines) is 1. The molecule has 1 aliphatic rings. The normalized spacial score (nSPS) is 15.8. The van der Waals surface area contributed by atoms with Crippen molar-refractivity contribution in [2.75, 3.05) is 32.8 Å². The van der Waals surface area contributed by atoms with Crippen LogP contribution >= 0.6 is 0 Å². The smallest absolute Gasteiger partial charge is 0.387 e. The van der Waals surface area contributed by atoms with E-state index in [0.717, 1.165) is 31.7 Å². The van der Waals surface area contributed by atoms with Crippen molar-refractivity contribution in [3.8, 4) is 11.5 Å². The summed E-state index contributed by atoms with van der Waals surface area (Å²) in [5, 5.41) is 33.0. The molecule has 0 bridgehead atoms. The Labute approximate surface area is 185 Å². The van der Waals surface area contributed by atoms with Crippen molar-refractivity contribution >= 4 is 11.4 Å². The highest BCUT2D eigenvalue weighted by Crippen LogP contribution is 2.38. The third kappa shape index (κ3) is 6.14. The maximum Gasteiger partial charge on any atom is 0.387 e. The van der Waals surface area contributed by atoms with Gasteiger partial charge in [0.1, 0.15) is 18.5 Å². The summed E-state index contributed by atoms with van der Waals surface area (Å²) in [6.07, 6.45) is 0.999. The van der Waals surface area contributed by atoms with E-state index in [-0.39, 0.29) is 17.9 Å². The van der Waals surface area contributed by atoms with Gasteiger partial charge in [-0.25, -0.2) is 0 Å². The zero-order valence-corrected chi connectivity index (χ0v) is 17.9. The van der Waals surface area contributed by atoms with E-state index in [4.69, 9.17) is 9.47 Å². The molecule has 10 heteroatoms. The molecule has 0 saturated carbocycles. The summed E-state index contributed by atoms with van der Waals surface area (Å²) >= 11 is 0. The topological polar surface area (TPSA) is 128 Å². The van der Waals surface area contributed by atoms with Crippen molar-refractivity contribution in [3.05, 3.63) is 68.3 Å². The van der Waals surface area contributed by atoms with Gasteiger partial charge in [-0.3, -0.25) is 20.2 Å². The van der Waals surface area contributed by atoms with E-state index in [1.54, 1.807) is 0 Å². The van der Waals surface area contributed by atoms with Crippen LogP contribution < -0.4 is 9.47 Å². The Morgan fingerprint density at radius 1 is 1.03 bits per heavy atom. The first kappa shape index (κ1) is 23.4. The molecule has 0 aromatic heterocycles. The van der Waals surface area contributed by atoms with Gasteiger partial charge in [-0.05, 0) is 63.0 Å². The van der Waals surface area contributed by atoms with E-state index in [9.17, 15) is 25.3 Å². The summed E-state index contributed by atoms with van der Waals surface area (Å²) in [6.45, 7) is 3.84. The molecule has 0 spiro atoms. The summed E-state index contributed by atoms with van der Waals surface area (Å²) in [7, 11) is 0. The molecule has 10 nitrogen and oxygen atoms in total. The monoisotopic (exact) mass is 445 g/mol. The summed E-state index contributed by atoms with van der Waals surface area (Å²) in [6, 6.07) is 12.4. The number of ether oxygens (including phenoxy) is 2. The summed E-state index contributed by atoms with van der Waals surface area (Å²) < 4.78 is 11.2. The first-order chi connectivity index (χ1) is 15.3. The third-order valence-electron chi connectivity index (χ3n) is 5.52. The van der Waals surface area contributed by atoms with E-state index in [2.05, 4.69) is 4.90 Å². The van der Waals surface area contributed by atoms with Gasteiger partial charge in [0.05, 0.1) is 16.5 Å². The van der Waals surface area contributed by atoms with Crippen LogP contribution in [0.25, 0.3) is 0 Å². The van der Waals surface area contributed by atoms with Gasteiger partial charge >= 0.3 is 11.4 Å². The second-order valence-corrected chi connectivity index (χ2v) is 7.92. The molecule has 1 atom stereocenters. The van der Waals surface area contributed by atoms with Crippen LogP contribution in [-0.2, 0) is 0 Å². The Morgan fingerprint density at radius 3 is 2.31 bits per heavy atom. The van der Waals surface area contributed by atoms with Crippen molar-refractivity contribution in [2.45, 2.75) is 25.9 Å². The summed E-state index contributed by atoms with van der Waals surface area (Å²) in [4.78, 5) is 23.1. The van der Waals surface area contributed by atoms with Gasteiger partial charge in [-0.2, -0.15) is 0 Å². The van der Waals surface area contributed by atoms with Crippen LogP contribution in [0.1, 0.15) is 18.4 Å². The van der Waals surface area contributed by atoms with Gasteiger partial charge in [0.2, 0.25) is 5.75 Å². The van der Waals surface area contributed by atoms with Gasteiger partial charge in [0.25, 0.3) is 0 Å². The number of rotatable bonds is 10. The molecule has 1 saturated heterocycles. The Balaban J connectivity index is 1.47. The minimum absolute atomic E-state index is 0.175. The van der Waals surface area contributed by atoms with Crippen LogP contribution in [0.3, 0.4) is 0 Å². The largest absolute Gasteiger partial charge is 0.493 e. The number of piperidine rings is 1. The molecular weight excluding hydrogens is 418 g/mol. The molecule has 0 aliphatic carbocycles. The maximum absolute atomic E-state index is 11.4. The molecule has 0 amide bonds. The summed E-state index contributed by atoms with van der Waals surface area (Å²) in [5.41, 5.74) is -1.11. The molecule has 172 valence electrons. The molecule has 2 aromatic rings. The first-order valence-corrected chi connectivity index (χ1v) is 10.5. The number of nitrogens with zero attached hydrogens (tertiary/aromatic N) is 3. The number of β-amino-alcohol motifs (C(OH)–C–C–N with tert-alkyl or cyclic N) is 1. The predicted molar refractivity (Wildman–Crippen MR) is 117 cm³/mol. The quantitative estimate of drug-likeness (QED) is 0.436. The lowest BCUT2D eigenvalue weighted by atomic mass is 9.97. The van der Waals surface area contributed by atoms with Crippen molar-refractivity contribution in [2.24, 2.45) is 5.92 Å². The predicted octanol–water partition coefficient (Wildman–Crippen LogP) is 3.34. The van der Waals surface area contributed by atoms with E-state index < -0.39 is 27.3 Å². The van der Waals surface area contributed by atoms with Crippen LogP contribution in [0.5, 0.6) is 11.5 Å². The van der Waals surface area contributed by atoms with Gasteiger partial charge in [0.15, 0.2) is 0 Å². The van der Waals surface area contributed by atoms with Crippen LogP contribution in [0.2, 0.25) is 0 Å². The molecule has 1 aliphatic heterocycles. The molecule has 1 unspecified atom stereocenters. The second-order valence-electron chi connectivity index (χ2n) is 7.92. The van der Waals surface area contributed by atoms with Crippen molar-refractivity contribution < 1.29 is 24.4 Å². The Bertz CT molecular complexity index is 931. The number of aliphatic hydroxyl groups excluding tert-OH is 1. The van der Waals surface area contributed by atoms with Crippen molar-refractivity contribution in [1.29, 1.82) is 0 Å². The van der Waals surface area contributed by atoms with Crippen LogP contribution in [-0.4, -0.2) is 58.8 Å². The van der Waals surface area contributed by atoms with Crippen molar-refractivity contribution in [3.63, 3.8) is 0 Å². The second kappa shape index (κ2) is 10.9. The average molecular weight is 445 g/mol. The molecular formula is C22H27N3O7. The van der Waals surface area contributed by atoms with Gasteiger partial charge in [-0.1, -0.05) is 18.2 Å². The average Bonchev–Trinajstić information content (AvgIpc) is 2.78. The van der Waals surface area contributed by atoms with E-state index in [1.165, 1.54) is 19.1 Å². The van der Waals surface area contributed by atoms with E-state index in [0.29, 0.717) is 19.1 Å². The molecule has 3 rings (SSSR count). The Kier molecular flexibility index (Phi) is 7.96. The highest BCUT2D eigenvalue weighted by atomic mass is 16.6. The van der Waals surface area contributed by atoms with Gasteiger partial charge in [-0.15, -0.1) is 0 Å². The highest BCUT2D eigenvalue weighted by molar-refractivity contribution is 5.65. The lowest BCUT2D eigenvalue weighted by Crippen LogP contribution is -2.41. The number of hydrogen-bond acceptors (Lipinski definition) is 8. The standard InChI is InChI=1S/C22H27N3O7/c1-16-7-8-20(22(25(29)30)21(16)24(27)28)32-15-18(26)13-23-11-9-17(10-12-23)14-31-19-5-3-2-4-6-19/h2-8,17-18,26H,9-15H2,1H3. The molecule has 1 N–H and O–H groups in total. The first-order valence-electron chi connectivity index (χ1n) is 10.5. The molecule has 1 heterocycles. The van der Waals surface area contributed by atoms with E-state index >= 15 is 0 Å². The minimum atomic E-state index is -0.882. The number of hydrogen-bond donors (Lipinski definition) is 1. The highest BCUT2D eigenvalue weighted by Gasteiger charge is 2.32. The lowest BCUT2D eigenvalue weighted by molar-refractivity contribution is -0.423. The van der Waals surface area contributed by atoms with Gasteiger partial charge in [0, 0.05) is 12.1 Å². The van der Waals surface area contributed by atoms with Crippen molar-refractivity contribution in [1.82, 2.24) is 4.90 Å². The number of aryl methyl sites for hydroxylation is 1. The number of aliphatic hydroxyl groups is 1. The zero-order chi connectivity index (χ0) is 23.1. The van der Waals surface area contributed by atoms with Crippen LogP contribution in [0, 0.1) is 33.1 Å². The Hall–Kier alpha value is -3.24. The molecule has 32 heavy (non-hydrogen) atoms. The minimum Gasteiger partial charge on any atom is -0.493 e. The lowest BCUT2D eigenvalue weighted by Gasteiger charge is -2.33. The number of benzene rings is 2. The van der Waals surface area contributed by atoms with Gasteiger partial charge < -0.3 is 19.5 Å². The fourth-order valence-corrected chi connectivity index (χ4v) is 3.79. The van der Waals surface area contributed by atoms with Crippen LogP contribution in [0.15, 0.2) is 42.5 Å². The number of nitro benzene ring substituents is 2. The maximum atomic E-state index is 11.4. The fourth-order valence-electron chi connectivity index (χ4n) is 3.79. The molecule has 2 aromatic carbocycles. The molecule has 1 fully saturated rings. The Morgan fingerprint density at radius 2 is 1.69 bits per heavy atom. The third-order valence-corrected chi connectivity index (χ3v) is 5.52. The molecule has 0 radical (unpaired) electrons. The fraction of sp³-hybridized carbons (Fsp3) is 0.455. The zero-order valence-electron chi connectivity index (χ0n) is 17.9. The SMILES string of the molecule is Cc1ccc(OCC(O)CN2CCC(COc3ccccc3)CC2)c([N+](=O)[O-])c1[N+](=O)[O-]. The van der Waals surface area contributed by atoms with E-state index in [1.807, 2.05) is 30.3 Å². The van der Waals surface area contributed by atoms with Crippen LogP contribution in [0.4, 0.5) is 11.4 Å². The summed E-state index contributed by atoms with van der Waals surface area (Å²) in [5.74, 6) is 1.08.